The second-order valence-corrected chi connectivity index (χ2v) is 4.74. The van der Waals surface area contributed by atoms with Crippen molar-refractivity contribution in [2.45, 2.75) is 19.4 Å². The van der Waals surface area contributed by atoms with Gasteiger partial charge >= 0.3 is 5.97 Å². The van der Waals surface area contributed by atoms with Crippen molar-refractivity contribution in [1.29, 1.82) is 0 Å². The van der Waals surface area contributed by atoms with Crippen LogP contribution >= 0.6 is 22.6 Å². The first kappa shape index (κ1) is 13.9. The van der Waals surface area contributed by atoms with Gasteiger partial charge in [0.25, 0.3) is 0 Å². The van der Waals surface area contributed by atoms with E-state index in [2.05, 4.69) is 5.32 Å². The van der Waals surface area contributed by atoms with Crippen LogP contribution in [0.3, 0.4) is 0 Å². The van der Waals surface area contributed by atoms with Gasteiger partial charge in [-0.1, -0.05) is 6.92 Å². The van der Waals surface area contributed by atoms with Crippen molar-refractivity contribution in [3.8, 4) is 0 Å². The molecule has 1 aromatic carbocycles. The van der Waals surface area contributed by atoms with Crippen LogP contribution < -0.4 is 11.1 Å². The number of nitrogens with two attached hydrogens (primary N) is 1. The normalized spacial score (nSPS) is 11.9. The number of halogens is 1. The highest BCUT2D eigenvalue weighted by Gasteiger charge is 2.16. The van der Waals surface area contributed by atoms with Crippen molar-refractivity contribution in [3.05, 3.63) is 27.3 Å². The quantitative estimate of drug-likeness (QED) is 0.722. The van der Waals surface area contributed by atoms with E-state index in [1.165, 1.54) is 6.07 Å². The zero-order valence-electron chi connectivity index (χ0n) is 9.24. The molecule has 1 atom stereocenters. The maximum absolute atomic E-state index is 11.6. The fourth-order valence-electron chi connectivity index (χ4n) is 1.21. The summed E-state index contributed by atoms with van der Waals surface area (Å²) in [5, 5.41) is 11.5. The SMILES string of the molecule is CCC(N)C(=O)Nc1ccc(I)cc1C(=O)O. The minimum Gasteiger partial charge on any atom is -0.478 e. The van der Waals surface area contributed by atoms with Crippen molar-refractivity contribution in [1.82, 2.24) is 0 Å². The molecule has 0 fully saturated rings. The summed E-state index contributed by atoms with van der Waals surface area (Å²) >= 11 is 2.01. The molecule has 0 radical (unpaired) electrons. The number of carbonyl (C=O) groups is 2. The highest BCUT2D eigenvalue weighted by Crippen LogP contribution is 2.19. The van der Waals surface area contributed by atoms with Gasteiger partial charge in [-0.3, -0.25) is 4.79 Å². The molecule has 0 aliphatic heterocycles. The summed E-state index contributed by atoms with van der Waals surface area (Å²) in [5.41, 5.74) is 5.89. The molecule has 0 saturated carbocycles. The van der Waals surface area contributed by atoms with Gasteiger partial charge in [-0.2, -0.15) is 0 Å². The molecule has 1 unspecified atom stereocenters. The molecular weight excluding hydrogens is 335 g/mol. The van der Waals surface area contributed by atoms with Crippen molar-refractivity contribution >= 4 is 40.2 Å². The summed E-state index contributed by atoms with van der Waals surface area (Å²) in [6, 6.07) is 4.15. The summed E-state index contributed by atoms with van der Waals surface area (Å²) in [4.78, 5) is 22.6. The summed E-state index contributed by atoms with van der Waals surface area (Å²) in [5.74, 6) is -1.46. The molecule has 1 aromatic rings. The monoisotopic (exact) mass is 348 g/mol. The molecule has 6 heteroatoms. The first-order valence-electron chi connectivity index (χ1n) is 5.05. The third kappa shape index (κ3) is 3.67. The predicted molar refractivity (Wildman–Crippen MR) is 73.0 cm³/mol. The Balaban J connectivity index is 2.98. The first-order chi connectivity index (χ1) is 7.95. The highest BCUT2D eigenvalue weighted by atomic mass is 127. The van der Waals surface area contributed by atoms with Crippen molar-refractivity contribution in [2.75, 3.05) is 5.32 Å². The molecule has 0 aliphatic rings. The standard InChI is InChI=1S/C11H13IN2O3/c1-2-8(13)10(15)14-9-4-3-6(12)5-7(9)11(16)17/h3-5,8H,2,13H2,1H3,(H,14,15)(H,16,17). The average Bonchev–Trinajstić information content (AvgIpc) is 2.29. The van der Waals surface area contributed by atoms with E-state index in [0.29, 0.717) is 6.42 Å². The number of hydrogen-bond donors (Lipinski definition) is 3. The van der Waals surface area contributed by atoms with Crippen LogP contribution in [0.15, 0.2) is 18.2 Å². The number of aromatic carboxylic acids is 1. The number of nitrogens with one attached hydrogen (secondary N) is 1. The van der Waals surface area contributed by atoms with Crippen LogP contribution in [0.1, 0.15) is 23.7 Å². The van der Waals surface area contributed by atoms with Gasteiger partial charge in [0.2, 0.25) is 5.91 Å². The van der Waals surface area contributed by atoms with E-state index in [4.69, 9.17) is 10.8 Å². The van der Waals surface area contributed by atoms with Crippen LogP contribution in [-0.2, 0) is 4.79 Å². The minimum absolute atomic E-state index is 0.0635. The molecule has 0 aliphatic carbocycles. The van der Waals surface area contributed by atoms with E-state index in [1.54, 1.807) is 19.1 Å². The van der Waals surface area contributed by atoms with E-state index in [-0.39, 0.29) is 17.2 Å². The lowest BCUT2D eigenvalue weighted by Crippen LogP contribution is -2.35. The van der Waals surface area contributed by atoms with Crippen LogP contribution in [0.4, 0.5) is 5.69 Å². The molecular formula is C11H13IN2O3. The molecule has 0 aromatic heterocycles. The Hall–Kier alpha value is -1.15. The van der Waals surface area contributed by atoms with Gasteiger partial charge in [-0.25, -0.2) is 4.79 Å². The number of carboxylic acids is 1. The first-order valence-corrected chi connectivity index (χ1v) is 6.12. The number of carbonyl (C=O) groups excluding carboxylic acids is 1. The van der Waals surface area contributed by atoms with Crippen LogP contribution in [0.5, 0.6) is 0 Å². The smallest absolute Gasteiger partial charge is 0.337 e. The number of carboxylic acid groups (broad SMARTS) is 1. The van der Waals surface area contributed by atoms with E-state index in [0.717, 1.165) is 3.57 Å². The largest absolute Gasteiger partial charge is 0.478 e. The number of rotatable bonds is 4. The summed E-state index contributed by atoms with van der Waals surface area (Å²) < 4.78 is 0.790. The lowest BCUT2D eigenvalue weighted by atomic mass is 10.1. The minimum atomic E-state index is -1.08. The fourth-order valence-corrected chi connectivity index (χ4v) is 1.70. The van der Waals surface area contributed by atoms with Gasteiger partial charge in [0.05, 0.1) is 17.3 Å². The summed E-state index contributed by atoms with van der Waals surface area (Å²) in [7, 11) is 0. The molecule has 92 valence electrons. The lowest BCUT2D eigenvalue weighted by molar-refractivity contribution is -0.117. The van der Waals surface area contributed by atoms with Gasteiger partial charge in [0.1, 0.15) is 0 Å². The number of amides is 1. The molecule has 0 bridgehead atoms. The van der Waals surface area contributed by atoms with E-state index < -0.39 is 12.0 Å². The second-order valence-electron chi connectivity index (χ2n) is 3.50. The molecule has 17 heavy (non-hydrogen) atoms. The zero-order valence-corrected chi connectivity index (χ0v) is 11.4. The zero-order chi connectivity index (χ0) is 13.0. The Kier molecular flexibility index (Phi) is 4.88. The molecule has 0 spiro atoms. The predicted octanol–water partition coefficient (Wildman–Crippen LogP) is 1.67. The van der Waals surface area contributed by atoms with Gasteiger partial charge in [-0.15, -0.1) is 0 Å². The molecule has 1 amide bonds. The number of benzene rings is 1. The van der Waals surface area contributed by atoms with E-state index in [9.17, 15) is 9.59 Å². The summed E-state index contributed by atoms with van der Waals surface area (Å²) in [6.07, 6.45) is 0.499. The van der Waals surface area contributed by atoms with Crippen molar-refractivity contribution in [2.24, 2.45) is 5.73 Å². The second kappa shape index (κ2) is 5.97. The third-order valence-corrected chi connectivity index (χ3v) is 2.92. The Morgan fingerprint density at radius 2 is 2.18 bits per heavy atom. The van der Waals surface area contributed by atoms with Gasteiger partial charge in [0, 0.05) is 3.57 Å². The van der Waals surface area contributed by atoms with Crippen LogP contribution in [0.25, 0.3) is 0 Å². The molecule has 4 N–H and O–H groups in total. The lowest BCUT2D eigenvalue weighted by Gasteiger charge is -2.12. The summed E-state index contributed by atoms with van der Waals surface area (Å²) in [6.45, 7) is 1.79. The number of hydrogen-bond acceptors (Lipinski definition) is 3. The van der Waals surface area contributed by atoms with Crippen molar-refractivity contribution in [3.63, 3.8) is 0 Å². The maximum Gasteiger partial charge on any atom is 0.337 e. The molecule has 0 saturated heterocycles. The van der Waals surface area contributed by atoms with Crippen LogP contribution in [-0.4, -0.2) is 23.0 Å². The Labute approximate surface area is 113 Å². The molecule has 0 heterocycles. The fraction of sp³-hybridized carbons (Fsp3) is 0.273. The Morgan fingerprint density at radius 1 is 1.53 bits per heavy atom. The number of anilines is 1. The van der Waals surface area contributed by atoms with Gasteiger partial charge in [-0.05, 0) is 47.2 Å². The third-order valence-electron chi connectivity index (χ3n) is 2.25. The maximum atomic E-state index is 11.6. The van der Waals surface area contributed by atoms with Crippen LogP contribution in [0, 0.1) is 3.57 Å². The molecule has 5 nitrogen and oxygen atoms in total. The van der Waals surface area contributed by atoms with Gasteiger partial charge in [0.15, 0.2) is 0 Å². The van der Waals surface area contributed by atoms with Gasteiger partial charge < -0.3 is 16.2 Å². The topological polar surface area (TPSA) is 92.4 Å². The van der Waals surface area contributed by atoms with Crippen molar-refractivity contribution < 1.29 is 14.7 Å². The van der Waals surface area contributed by atoms with E-state index >= 15 is 0 Å². The highest BCUT2D eigenvalue weighted by molar-refractivity contribution is 14.1. The molecule has 1 rings (SSSR count). The Bertz CT molecular complexity index is 448. The average molecular weight is 348 g/mol. The van der Waals surface area contributed by atoms with Crippen LogP contribution in [0.2, 0.25) is 0 Å². The van der Waals surface area contributed by atoms with E-state index in [1.807, 2.05) is 22.6 Å². The Morgan fingerprint density at radius 3 is 2.71 bits per heavy atom.